The smallest absolute Gasteiger partial charge is 0.311 e. The molecule has 0 unspecified atom stereocenters. The number of benzene rings is 1. The molecule has 2 atom stereocenters. The molecular weight excluding hydrogens is 356 g/mol. The molecule has 0 radical (unpaired) electrons. The van der Waals surface area contributed by atoms with Gasteiger partial charge in [-0.05, 0) is 31.7 Å². The Kier molecular flexibility index (Phi) is 5.87. The first-order chi connectivity index (χ1) is 13.4. The number of carbonyl (C=O) groups is 2. The van der Waals surface area contributed by atoms with Crippen molar-refractivity contribution in [1.29, 1.82) is 0 Å². The summed E-state index contributed by atoms with van der Waals surface area (Å²) < 4.78 is 5.50. The number of carboxylic acids is 1. The largest absolute Gasteiger partial charge is 0.481 e. The summed E-state index contributed by atoms with van der Waals surface area (Å²) >= 11 is 0. The molecule has 28 heavy (non-hydrogen) atoms. The van der Waals surface area contributed by atoms with Crippen LogP contribution in [0.25, 0.3) is 11.3 Å². The van der Waals surface area contributed by atoms with Gasteiger partial charge in [0.15, 0.2) is 0 Å². The molecule has 1 aromatic heterocycles. The molecular formula is C22H28N2O4. The van der Waals surface area contributed by atoms with E-state index in [0.29, 0.717) is 30.8 Å². The SMILES string of the molecule is CC[C@H](C)C(=O)N1CCC[C@@](Cc2cc(-c3ccccc3C)no2)(C(=O)O)C1. The van der Waals surface area contributed by atoms with Crippen molar-refractivity contribution in [1.82, 2.24) is 10.1 Å². The third kappa shape index (κ3) is 3.96. The molecule has 0 spiro atoms. The zero-order chi connectivity index (χ0) is 20.3. The molecule has 6 heteroatoms. The lowest BCUT2D eigenvalue weighted by Gasteiger charge is -2.40. The Morgan fingerprint density at radius 3 is 2.79 bits per heavy atom. The Hall–Kier alpha value is -2.63. The normalized spacial score (nSPS) is 20.8. The van der Waals surface area contributed by atoms with Crippen LogP contribution in [0.1, 0.15) is 44.4 Å². The van der Waals surface area contributed by atoms with Crippen molar-refractivity contribution >= 4 is 11.9 Å². The second kappa shape index (κ2) is 8.17. The minimum atomic E-state index is -1.04. The second-order valence-corrected chi connectivity index (χ2v) is 7.93. The minimum Gasteiger partial charge on any atom is -0.481 e. The van der Waals surface area contributed by atoms with E-state index in [0.717, 1.165) is 17.5 Å². The zero-order valence-corrected chi connectivity index (χ0v) is 16.8. The van der Waals surface area contributed by atoms with Crippen LogP contribution in [0.2, 0.25) is 0 Å². The molecule has 1 saturated heterocycles. The highest BCUT2D eigenvalue weighted by Gasteiger charge is 2.45. The van der Waals surface area contributed by atoms with Crippen LogP contribution >= 0.6 is 0 Å². The van der Waals surface area contributed by atoms with Gasteiger partial charge in [-0.3, -0.25) is 9.59 Å². The van der Waals surface area contributed by atoms with Gasteiger partial charge in [-0.25, -0.2) is 0 Å². The third-order valence-corrected chi connectivity index (χ3v) is 5.87. The van der Waals surface area contributed by atoms with Crippen LogP contribution in [0, 0.1) is 18.3 Å². The summed E-state index contributed by atoms with van der Waals surface area (Å²) in [6, 6.07) is 9.70. The predicted octanol–water partition coefficient (Wildman–Crippen LogP) is 3.93. The van der Waals surface area contributed by atoms with Crippen molar-refractivity contribution in [3.63, 3.8) is 0 Å². The highest BCUT2D eigenvalue weighted by Crippen LogP contribution is 2.36. The molecule has 0 bridgehead atoms. The van der Waals surface area contributed by atoms with Crippen molar-refractivity contribution in [2.24, 2.45) is 11.3 Å². The van der Waals surface area contributed by atoms with Crippen LogP contribution in [-0.4, -0.2) is 40.1 Å². The molecule has 1 aromatic carbocycles. The van der Waals surface area contributed by atoms with Crippen LogP contribution in [0.15, 0.2) is 34.9 Å². The fraction of sp³-hybridized carbons (Fsp3) is 0.500. The molecule has 1 fully saturated rings. The van der Waals surface area contributed by atoms with Crippen LogP contribution in [-0.2, 0) is 16.0 Å². The number of carboxylic acid groups (broad SMARTS) is 1. The number of hydrogen-bond acceptors (Lipinski definition) is 4. The molecule has 1 N–H and O–H groups in total. The maximum atomic E-state index is 12.6. The Bertz CT molecular complexity index is 860. The number of rotatable bonds is 6. The van der Waals surface area contributed by atoms with Gasteiger partial charge in [0.05, 0.1) is 5.41 Å². The lowest BCUT2D eigenvalue weighted by atomic mass is 9.76. The highest BCUT2D eigenvalue weighted by molar-refractivity contribution is 5.81. The highest BCUT2D eigenvalue weighted by atomic mass is 16.5. The molecule has 1 amide bonds. The third-order valence-electron chi connectivity index (χ3n) is 5.87. The number of nitrogens with zero attached hydrogens (tertiary/aromatic N) is 2. The number of aryl methyl sites for hydroxylation is 1. The van der Waals surface area contributed by atoms with E-state index in [9.17, 15) is 14.7 Å². The summed E-state index contributed by atoms with van der Waals surface area (Å²) in [4.78, 5) is 26.5. The van der Waals surface area contributed by atoms with Crippen molar-refractivity contribution in [3.05, 3.63) is 41.7 Å². The van der Waals surface area contributed by atoms with Gasteiger partial charge in [0.1, 0.15) is 11.5 Å². The monoisotopic (exact) mass is 384 g/mol. The molecule has 3 rings (SSSR count). The van der Waals surface area contributed by atoms with Crippen molar-refractivity contribution < 1.29 is 19.2 Å². The first kappa shape index (κ1) is 20.1. The topological polar surface area (TPSA) is 83.6 Å². The van der Waals surface area contributed by atoms with Gasteiger partial charge in [0.25, 0.3) is 0 Å². The lowest BCUT2D eigenvalue weighted by Crippen LogP contribution is -2.52. The molecule has 150 valence electrons. The number of amides is 1. The van der Waals surface area contributed by atoms with Crippen molar-refractivity contribution in [2.45, 2.75) is 46.5 Å². The first-order valence-corrected chi connectivity index (χ1v) is 9.90. The summed E-state index contributed by atoms with van der Waals surface area (Å²) in [6.45, 7) is 6.69. The van der Waals surface area contributed by atoms with E-state index in [2.05, 4.69) is 5.16 Å². The van der Waals surface area contributed by atoms with E-state index < -0.39 is 11.4 Å². The Morgan fingerprint density at radius 2 is 2.11 bits per heavy atom. The minimum absolute atomic E-state index is 0.0333. The molecule has 2 heterocycles. The lowest BCUT2D eigenvalue weighted by molar-refractivity contribution is -0.156. The van der Waals surface area contributed by atoms with Gasteiger partial charge in [-0.1, -0.05) is 43.3 Å². The summed E-state index contributed by atoms with van der Waals surface area (Å²) in [6.07, 6.45) is 2.17. The Morgan fingerprint density at radius 1 is 1.36 bits per heavy atom. The molecule has 1 aliphatic rings. The van der Waals surface area contributed by atoms with Crippen LogP contribution in [0.4, 0.5) is 0 Å². The number of hydrogen-bond donors (Lipinski definition) is 1. The van der Waals surface area contributed by atoms with Crippen molar-refractivity contribution in [2.75, 3.05) is 13.1 Å². The van der Waals surface area contributed by atoms with Gasteiger partial charge in [0.2, 0.25) is 5.91 Å². The molecule has 0 saturated carbocycles. The molecule has 0 aliphatic carbocycles. The van der Waals surface area contributed by atoms with E-state index in [1.807, 2.05) is 51.1 Å². The predicted molar refractivity (Wildman–Crippen MR) is 106 cm³/mol. The zero-order valence-electron chi connectivity index (χ0n) is 16.8. The summed E-state index contributed by atoms with van der Waals surface area (Å²) in [7, 11) is 0. The van der Waals surface area contributed by atoms with Gasteiger partial charge in [0, 0.05) is 37.1 Å². The van der Waals surface area contributed by atoms with E-state index in [-0.39, 0.29) is 24.8 Å². The molecule has 6 nitrogen and oxygen atoms in total. The average Bonchev–Trinajstić information content (AvgIpc) is 3.15. The molecule has 2 aromatic rings. The summed E-state index contributed by atoms with van der Waals surface area (Å²) in [5.74, 6) is -0.407. The average molecular weight is 384 g/mol. The Balaban J connectivity index is 1.83. The van der Waals surface area contributed by atoms with Crippen LogP contribution in [0.5, 0.6) is 0 Å². The fourth-order valence-corrected chi connectivity index (χ4v) is 3.92. The van der Waals surface area contributed by atoms with E-state index in [1.54, 1.807) is 4.90 Å². The molecule has 1 aliphatic heterocycles. The fourth-order valence-electron chi connectivity index (χ4n) is 3.92. The number of aromatic nitrogens is 1. The summed E-state index contributed by atoms with van der Waals surface area (Å²) in [5, 5.41) is 14.2. The first-order valence-electron chi connectivity index (χ1n) is 9.90. The maximum Gasteiger partial charge on any atom is 0.311 e. The number of aliphatic carboxylic acids is 1. The van der Waals surface area contributed by atoms with Crippen LogP contribution < -0.4 is 0 Å². The van der Waals surface area contributed by atoms with Crippen LogP contribution in [0.3, 0.4) is 0 Å². The van der Waals surface area contributed by atoms with Gasteiger partial charge >= 0.3 is 5.97 Å². The quantitative estimate of drug-likeness (QED) is 0.816. The van der Waals surface area contributed by atoms with Crippen molar-refractivity contribution in [3.8, 4) is 11.3 Å². The van der Waals surface area contributed by atoms with Gasteiger partial charge < -0.3 is 14.5 Å². The Labute approximate surface area is 165 Å². The van der Waals surface area contributed by atoms with Gasteiger partial charge in [-0.15, -0.1) is 0 Å². The van der Waals surface area contributed by atoms with E-state index >= 15 is 0 Å². The summed E-state index contributed by atoms with van der Waals surface area (Å²) in [5.41, 5.74) is 1.72. The van der Waals surface area contributed by atoms with E-state index in [4.69, 9.17) is 4.52 Å². The maximum absolute atomic E-state index is 12.6. The number of likely N-dealkylation sites (tertiary alicyclic amines) is 1. The second-order valence-electron chi connectivity index (χ2n) is 7.93. The number of carbonyl (C=O) groups excluding carboxylic acids is 1. The van der Waals surface area contributed by atoms with Gasteiger partial charge in [-0.2, -0.15) is 0 Å². The van der Waals surface area contributed by atoms with E-state index in [1.165, 1.54) is 0 Å². The number of piperidine rings is 1. The standard InChI is InChI=1S/C22H28N2O4/c1-4-15(2)20(25)24-11-7-10-22(14-24,21(26)27)13-17-12-19(23-28-17)18-9-6-5-8-16(18)3/h5-6,8-9,12,15H,4,7,10-11,13-14H2,1-3H3,(H,26,27)/t15-,22-/m0/s1.